The molecule has 1 aromatic rings. The summed E-state index contributed by atoms with van der Waals surface area (Å²) in [5, 5.41) is 0. The highest BCUT2D eigenvalue weighted by atomic mass is 32.2. The molecule has 0 bridgehead atoms. The maximum Gasteiger partial charge on any atom is 0.231 e. The Morgan fingerprint density at radius 1 is 1.24 bits per heavy atom. The normalized spacial score (nSPS) is 13.1. The molecule has 0 fully saturated rings. The lowest BCUT2D eigenvalue weighted by Gasteiger charge is -2.17. The van der Waals surface area contributed by atoms with Gasteiger partial charge in [0.15, 0.2) is 0 Å². The van der Waals surface area contributed by atoms with Crippen molar-refractivity contribution in [2.45, 2.75) is 38.4 Å². The van der Waals surface area contributed by atoms with E-state index in [0.717, 1.165) is 5.56 Å². The van der Waals surface area contributed by atoms with Crippen molar-refractivity contribution in [1.29, 1.82) is 0 Å². The third kappa shape index (κ3) is 5.13. The first kappa shape index (κ1) is 13.9. The molecule has 0 heterocycles. The van der Waals surface area contributed by atoms with Crippen LogP contribution in [0.25, 0.3) is 0 Å². The fourth-order valence-corrected chi connectivity index (χ4v) is 1.83. The van der Waals surface area contributed by atoms with E-state index in [0.29, 0.717) is 12.8 Å². The summed E-state index contributed by atoms with van der Waals surface area (Å²) in [5.74, 6) is -0.165. The van der Waals surface area contributed by atoms with E-state index >= 15 is 0 Å². The SMILES string of the molecule is CC(C)(C)S(=O)NC(=O)CCc1ccccc1. The number of hydrogen-bond donors (Lipinski definition) is 1. The van der Waals surface area contributed by atoms with Crippen molar-refractivity contribution in [3.8, 4) is 0 Å². The van der Waals surface area contributed by atoms with Gasteiger partial charge in [0, 0.05) is 6.42 Å². The van der Waals surface area contributed by atoms with Gasteiger partial charge in [0.1, 0.15) is 11.0 Å². The Morgan fingerprint density at radius 2 is 1.82 bits per heavy atom. The molecule has 0 saturated heterocycles. The topological polar surface area (TPSA) is 46.2 Å². The van der Waals surface area contributed by atoms with E-state index in [4.69, 9.17) is 0 Å². The van der Waals surface area contributed by atoms with Crippen LogP contribution >= 0.6 is 0 Å². The molecule has 3 nitrogen and oxygen atoms in total. The molecule has 1 amide bonds. The van der Waals surface area contributed by atoms with Crippen molar-refractivity contribution >= 4 is 16.9 Å². The Bertz CT molecular complexity index is 396. The van der Waals surface area contributed by atoms with Crippen LogP contribution in [0.15, 0.2) is 30.3 Å². The lowest BCUT2D eigenvalue weighted by molar-refractivity contribution is -0.119. The maximum atomic E-state index is 11.7. The molecule has 1 atom stereocenters. The van der Waals surface area contributed by atoms with Crippen molar-refractivity contribution in [2.24, 2.45) is 0 Å². The molecule has 0 saturated carbocycles. The Hall–Kier alpha value is -1.16. The molecular formula is C13H19NO2S. The van der Waals surface area contributed by atoms with Gasteiger partial charge in [0.25, 0.3) is 0 Å². The minimum absolute atomic E-state index is 0.165. The van der Waals surface area contributed by atoms with Gasteiger partial charge in [-0.2, -0.15) is 0 Å². The number of carbonyl (C=O) groups is 1. The van der Waals surface area contributed by atoms with Gasteiger partial charge in [-0.05, 0) is 32.8 Å². The molecule has 17 heavy (non-hydrogen) atoms. The van der Waals surface area contributed by atoms with E-state index in [1.54, 1.807) is 0 Å². The van der Waals surface area contributed by atoms with E-state index in [9.17, 15) is 9.00 Å². The summed E-state index contributed by atoms with van der Waals surface area (Å²) in [4.78, 5) is 11.6. The van der Waals surface area contributed by atoms with E-state index < -0.39 is 15.7 Å². The zero-order valence-electron chi connectivity index (χ0n) is 10.5. The second-order valence-corrected chi connectivity index (χ2v) is 6.86. The molecule has 0 aliphatic rings. The molecule has 0 aromatic heterocycles. The molecule has 4 heteroatoms. The van der Waals surface area contributed by atoms with Crippen LogP contribution in [-0.2, 0) is 22.2 Å². The van der Waals surface area contributed by atoms with Crippen molar-refractivity contribution in [2.75, 3.05) is 0 Å². The second-order valence-electron chi connectivity index (χ2n) is 4.89. The Balaban J connectivity index is 2.39. The zero-order valence-corrected chi connectivity index (χ0v) is 11.3. The number of amides is 1. The summed E-state index contributed by atoms with van der Waals surface area (Å²) < 4.78 is 13.8. The summed E-state index contributed by atoms with van der Waals surface area (Å²) in [7, 11) is -1.32. The van der Waals surface area contributed by atoms with Crippen LogP contribution in [-0.4, -0.2) is 14.9 Å². The molecule has 1 aromatic carbocycles. The zero-order chi connectivity index (χ0) is 12.9. The quantitative estimate of drug-likeness (QED) is 0.894. The van der Waals surface area contributed by atoms with Gasteiger partial charge >= 0.3 is 0 Å². The first-order valence-electron chi connectivity index (χ1n) is 5.65. The Morgan fingerprint density at radius 3 is 2.35 bits per heavy atom. The minimum atomic E-state index is -1.32. The van der Waals surface area contributed by atoms with Crippen LogP contribution in [0.3, 0.4) is 0 Å². The highest BCUT2D eigenvalue weighted by molar-refractivity contribution is 7.85. The summed E-state index contributed by atoms with van der Waals surface area (Å²) in [6.45, 7) is 5.50. The largest absolute Gasteiger partial charge is 0.275 e. The van der Waals surface area contributed by atoms with Gasteiger partial charge < -0.3 is 0 Å². The van der Waals surface area contributed by atoms with Gasteiger partial charge in [-0.1, -0.05) is 30.3 Å². The molecular weight excluding hydrogens is 234 g/mol. The summed E-state index contributed by atoms with van der Waals surface area (Å²) in [5.41, 5.74) is 1.11. The van der Waals surface area contributed by atoms with Crippen LogP contribution in [0.1, 0.15) is 32.8 Å². The first-order valence-corrected chi connectivity index (χ1v) is 6.80. The van der Waals surface area contributed by atoms with E-state index in [1.807, 2.05) is 51.1 Å². The van der Waals surface area contributed by atoms with Gasteiger partial charge in [-0.25, -0.2) is 4.21 Å². The summed E-state index contributed by atoms with van der Waals surface area (Å²) >= 11 is 0. The van der Waals surface area contributed by atoms with Gasteiger partial charge in [-0.3, -0.25) is 9.52 Å². The van der Waals surface area contributed by atoms with Crippen LogP contribution < -0.4 is 4.72 Å². The molecule has 0 spiro atoms. The van der Waals surface area contributed by atoms with Crippen molar-refractivity contribution in [3.05, 3.63) is 35.9 Å². The smallest absolute Gasteiger partial charge is 0.231 e. The number of hydrogen-bond acceptors (Lipinski definition) is 2. The van der Waals surface area contributed by atoms with Crippen molar-refractivity contribution in [1.82, 2.24) is 4.72 Å². The van der Waals surface area contributed by atoms with Gasteiger partial charge in [0.05, 0.1) is 4.75 Å². The standard InChI is InChI=1S/C13H19NO2S/c1-13(2,3)17(16)14-12(15)10-9-11-7-5-4-6-8-11/h4-8H,9-10H2,1-3H3,(H,14,15). The molecule has 0 aliphatic carbocycles. The number of aryl methyl sites for hydroxylation is 1. The molecule has 1 unspecified atom stereocenters. The maximum absolute atomic E-state index is 11.7. The first-order chi connectivity index (χ1) is 7.89. The average molecular weight is 253 g/mol. The second kappa shape index (κ2) is 5.96. The van der Waals surface area contributed by atoms with E-state index in [1.165, 1.54) is 0 Å². The van der Waals surface area contributed by atoms with Crippen LogP contribution in [0.5, 0.6) is 0 Å². The van der Waals surface area contributed by atoms with Crippen molar-refractivity contribution < 1.29 is 9.00 Å². The van der Waals surface area contributed by atoms with Crippen LogP contribution in [0.2, 0.25) is 0 Å². The molecule has 94 valence electrons. The highest BCUT2D eigenvalue weighted by Crippen LogP contribution is 2.09. The summed E-state index contributed by atoms with van der Waals surface area (Å²) in [6.07, 6.45) is 1.04. The number of carbonyl (C=O) groups excluding carboxylic acids is 1. The van der Waals surface area contributed by atoms with E-state index in [2.05, 4.69) is 4.72 Å². The van der Waals surface area contributed by atoms with Crippen LogP contribution in [0, 0.1) is 0 Å². The highest BCUT2D eigenvalue weighted by Gasteiger charge is 2.21. The lowest BCUT2D eigenvalue weighted by Crippen LogP contribution is -2.37. The monoisotopic (exact) mass is 253 g/mol. The molecule has 0 radical (unpaired) electrons. The Labute approximate surface area is 105 Å². The predicted molar refractivity (Wildman–Crippen MR) is 70.8 cm³/mol. The summed E-state index contributed by atoms with van der Waals surface area (Å²) in [6, 6.07) is 9.79. The lowest BCUT2D eigenvalue weighted by atomic mass is 10.1. The molecule has 0 aliphatic heterocycles. The molecule has 1 N–H and O–H groups in total. The van der Waals surface area contributed by atoms with Gasteiger partial charge in [0.2, 0.25) is 5.91 Å². The number of nitrogens with one attached hydrogen (secondary N) is 1. The van der Waals surface area contributed by atoms with Gasteiger partial charge in [-0.15, -0.1) is 0 Å². The van der Waals surface area contributed by atoms with E-state index in [-0.39, 0.29) is 5.91 Å². The number of rotatable bonds is 4. The minimum Gasteiger partial charge on any atom is -0.275 e. The van der Waals surface area contributed by atoms with Crippen molar-refractivity contribution in [3.63, 3.8) is 0 Å². The third-order valence-corrected chi connectivity index (χ3v) is 3.77. The third-order valence-electron chi connectivity index (χ3n) is 2.25. The number of benzene rings is 1. The predicted octanol–water partition coefficient (Wildman–Crippen LogP) is 2.20. The Kier molecular flexibility index (Phi) is 4.87. The van der Waals surface area contributed by atoms with Crippen LogP contribution in [0.4, 0.5) is 0 Å². The fourth-order valence-electron chi connectivity index (χ4n) is 1.21. The molecule has 1 rings (SSSR count). The average Bonchev–Trinajstić information content (AvgIpc) is 2.26. The fraction of sp³-hybridized carbons (Fsp3) is 0.462.